The van der Waals surface area contributed by atoms with E-state index in [1.54, 1.807) is 13.1 Å². The van der Waals surface area contributed by atoms with E-state index in [0.717, 1.165) is 6.07 Å². The standard InChI is InChI=1S/C19H21F3N6O3S/c1-3-32(30,31)27-8-6-26(7-9-27)18-24-17-23-14(4-5-28(17)25-18)16-12(2)10-13(11-15(16)29)19(20,21)22/h4-5,10-11,29H,3,6-9H2,1-2H3. The Morgan fingerprint density at radius 1 is 1.12 bits per heavy atom. The molecule has 4 rings (SSSR count). The van der Waals surface area contributed by atoms with Crippen molar-refractivity contribution in [2.75, 3.05) is 36.8 Å². The Bertz CT molecular complexity index is 1240. The number of sulfonamides is 1. The molecule has 0 radical (unpaired) electrons. The zero-order valence-electron chi connectivity index (χ0n) is 17.3. The number of rotatable bonds is 4. The Morgan fingerprint density at radius 2 is 1.81 bits per heavy atom. The van der Waals surface area contributed by atoms with Crippen LogP contribution in [0, 0.1) is 6.92 Å². The molecule has 0 saturated carbocycles. The first-order valence-electron chi connectivity index (χ1n) is 9.87. The van der Waals surface area contributed by atoms with Crippen molar-refractivity contribution in [3.63, 3.8) is 0 Å². The van der Waals surface area contributed by atoms with Crippen molar-refractivity contribution in [3.8, 4) is 17.0 Å². The third kappa shape index (κ3) is 4.09. The van der Waals surface area contributed by atoms with Crippen LogP contribution >= 0.6 is 0 Å². The highest BCUT2D eigenvalue weighted by Crippen LogP contribution is 2.38. The number of phenols is 1. The first-order valence-corrected chi connectivity index (χ1v) is 11.5. The molecule has 9 nitrogen and oxygen atoms in total. The van der Waals surface area contributed by atoms with Crippen LogP contribution in [0.2, 0.25) is 0 Å². The largest absolute Gasteiger partial charge is 0.507 e. The average molecular weight is 470 g/mol. The van der Waals surface area contributed by atoms with Crippen molar-refractivity contribution in [2.45, 2.75) is 20.0 Å². The minimum atomic E-state index is -4.57. The Labute approximate surface area is 182 Å². The number of aromatic hydroxyl groups is 1. The van der Waals surface area contributed by atoms with Gasteiger partial charge in [0.15, 0.2) is 0 Å². The number of piperazine rings is 1. The Morgan fingerprint density at radius 3 is 2.41 bits per heavy atom. The van der Waals surface area contributed by atoms with Crippen LogP contribution in [0.25, 0.3) is 17.0 Å². The van der Waals surface area contributed by atoms with Crippen LogP contribution in [0.1, 0.15) is 18.1 Å². The second-order valence-electron chi connectivity index (χ2n) is 7.44. The summed E-state index contributed by atoms with van der Waals surface area (Å²) in [4.78, 5) is 10.6. The van der Waals surface area contributed by atoms with Gasteiger partial charge in [0, 0.05) is 37.9 Å². The van der Waals surface area contributed by atoms with Gasteiger partial charge in [-0.05, 0) is 37.6 Å². The molecule has 13 heteroatoms. The molecular formula is C19H21F3N6O3S. The molecule has 3 heterocycles. The number of nitrogens with zero attached hydrogens (tertiary/aromatic N) is 6. The van der Waals surface area contributed by atoms with E-state index in [1.807, 2.05) is 4.90 Å². The summed E-state index contributed by atoms with van der Waals surface area (Å²) in [6, 6.07) is 3.17. The summed E-state index contributed by atoms with van der Waals surface area (Å²) in [5.74, 6) is 0.0984. The fourth-order valence-electron chi connectivity index (χ4n) is 3.65. The molecule has 3 aromatic rings. The van der Waals surface area contributed by atoms with Gasteiger partial charge in [-0.25, -0.2) is 17.9 Å². The average Bonchev–Trinajstić information content (AvgIpc) is 3.16. The van der Waals surface area contributed by atoms with Crippen LogP contribution in [-0.4, -0.2) is 69.3 Å². The van der Waals surface area contributed by atoms with E-state index < -0.39 is 27.5 Å². The van der Waals surface area contributed by atoms with Crippen LogP contribution in [0.5, 0.6) is 5.75 Å². The SMILES string of the molecule is CCS(=O)(=O)N1CCN(c2nc3nc(-c4c(C)cc(C(F)(F)F)cc4O)ccn3n2)CC1. The Balaban J connectivity index is 1.61. The van der Waals surface area contributed by atoms with E-state index >= 15 is 0 Å². The van der Waals surface area contributed by atoms with E-state index in [9.17, 15) is 26.7 Å². The van der Waals surface area contributed by atoms with Gasteiger partial charge in [-0.2, -0.15) is 22.5 Å². The number of halogens is 3. The fourth-order valence-corrected chi connectivity index (χ4v) is 4.74. The molecule has 0 spiro atoms. The smallest absolute Gasteiger partial charge is 0.416 e. The lowest BCUT2D eigenvalue weighted by Crippen LogP contribution is -2.49. The normalized spacial score (nSPS) is 16.1. The lowest BCUT2D eigenvalue weighted by Gasteiger charge is -2.32. The quantitative estimate of drug-likeness (QED) is 0.624. The predicted molar refractivity (Wildman–Crippen MR) is 111 cm³/mol. The van der Waals surface area contributed by atoms with Gasteiger partial charge in [0.25, 0.3) is 5.78 Å². The summed E-state index contributed by atoms with van der Waals surface area (Å²) < 4.78 is 65.9. The van der Waals surface area contributed by atoms with E-state index in [4.69, 9.17) is 0 Å². The minimum absolute atomic E-state index is 0.0442. The minimum Gasteiger partial charge on any atom is -0.507 e. The maximum atomic E-state index is 13.0. The number of phenolic OH excluding ortho intramolecular Hbond substituents is 1. The van der Waals surface area contributed by atoms with Crippen LogP contribution < -0.4 is 4.90 Å². The maximum Gasteiger partial charge on any atom is 0.416 e. The highest BCUT2D eigenvalue weighted by molar-refractivity contribution is 7.89. The summed E-state index contributed by atoms with van der Waals surface area (Å²) in [5, 5.41) is 14.6. The van der Waals surface area contributed by atoms with Crippen molar-refractivity contribution in [1.82, 2.24) is 23.9 Å². The molecule has 1 aliphatic heterocycles. The third-order valence-corrected chi connectivity index (χ3v) is 7.26. The topological polar surface area (TPSA) is 104 Å². The van der Waals surface area contributed by atoms with Crippen molar-refractivity contribution < 1.29 is 26.7 Å². The number of hydrogen-bond acceptors (Lipinski definition) is 7. The zero-order valence-corrected chi connectivity index (χ0v) is 18.2. The second-order valence-corrected chi connectivity index (χ2v) is 9.70. The number of hydrogen-bond donors (Lipinski definition) is 1. The van der Waals surface area contributed by atoms with Gasteiger partial charge in [0.1, 0.15) is 5.75 Å². The van der Waals surface area contributed by atoms with Crippen LogP contribution in [0.15, 0.2) is 24.4 Å². The highest BCUT2D eigenvalue weighted by atomic mass is 32.2. The molecule has 2 aromatic heterocycles. The second kappa shape index (κ2) is 7.89. The number of fused-ring (bicyclic) bond motifs is 1. The number of alkyl halides is 3. The van der Waals surface area contributed by atoms with Crippen LogP contribution in [0.3, 0.4) is 0 Å². The maximum absolute atomic E-state index is 13.0. The fraction of sp³-hybridized carbons (Fsp3) is 0.421. The molecule has 32 heavy (non-hydrogen) atoms. The van der Waals surface area contributed by atoms with Gasteiger partial charge in [-0.3, -0.25) is 0 Å². The third-order valence-electron chi connectivity index (χ3n) is 5.37. The molecule has 0 atom stereocenters. The molecule has 1 aliphatic rings. The number of anilines is 1. The van der Waals surface area contributed by atoms with Gasteiger partial charge in [0.05, 0.1) is 17.0 Å². The molecule has 0 unspecified atom stereocenters. The van der Waals surface area contributed by atoms with E-state index in [-0.39, 0.29) is 28.4 Å². The number of aryl methyl sites for hydroxylation is 1. The van der Waals surface area contributed by atoms with Gasteiger partial charge in [-0.15, -0.1) is 5.10 Å². The molecule has 0 amide bonds. The van der Waals surface area contributed by atoms with E-state index in [0.29, 0.717) is 38.2 Å². The van der Waals surface area contributed by atoms with Gasteiger partial charge < -0.3 is 10.0 Å². The molecule has 1 N–H and O–H groups in total. The summed E-state index contributed by atoms with van der Waals surface area (Å²) in [6.45, 7) is 4.55. The Hall–Kier alpha value is -2.93. The van der Waals surface area contributed by atoms with Crippen LogP contribution in [0.4, 0.5) is 19.1 Å². The lowest BCUT2D eigenvalue weighted by molar-refractivity contribution is -0.137. The van der Waals surface area contributed by atoms with Crippen molar-refractivity contribution in [2.24, 2.45) is 0 Å². The molecule has 1 fully saturated rings. The molecule has 1 saturated heterocycles. The van der Waals surface area contributed by atoms with Crippen molar-refractivity contribution in [1.29, 1.82) is 0 Å². The first-order chi connectivity index (χ1) is 15.0. The summed E-state index contributed by atoms with van der Waals surface area (Å²) >= 11 is 0. The summed E-state index contributed by atoms with van der Waals surface area (Å²) in [5.41, 5.74) is -0.268. The van der Waals surface area contributed by atoms with Gasteiger partial charge in [0.2, 0.25) is 16.0 Å². The van der Waals surface area contributed by atoms with Gasteiger partial charge >= 0.3 is 6.18 Å². The van der Waals surface area contributed by atoms with Gasteiger partial charge in [-0.1, -0.05) is 0 Å². The monoisotopic (exact) mass is 470 g/mol. The molecule has 1 aromatic carbocycles. The molecule has 172 valence electrons. The number of benzene rings is 1. The van der Waals surface area contributed by atoms with Crippen molar-refractivity contribution >= 4 is 21.7 Å². The predicted octanol–water partition coefficient (Wildman–Crippen LogP) is 2.30. The van der Waals surface area contributed by atoms with Crippen molar-refractivity contribution in [3.05, 3.63) is 35.5 Å². The number of aromatic nitrogens is 4. The lowest BCUT2D eigenvalue weighted by atomic mass is 10.0. The van der Waals surface area contributed by atoms with E-state index in [2.05, 4.69) is 15.1 Å². The van der Waals surface area contributed by atoms with Crippen LogP contribution in [-0.2, 0) is 16.2 Å². The highest BCUT2D eigenvalue weighted by Gasteiger charge is 2.32. The first kappa shape index (κ1) is 22.3. The zero-order chi connectivity index (χ0) is 23.3. The Kier molecular flexibility index (Phi) is 5.49. The molecular weight excluding hydrogens is 449 g/mol. The molecule has 0 aliphatic carbocycles. The summed E-state index contributed by atoms with van der Waals surface area (Å²) in [6.07, 6.45) is -3.01. The van der Waals surface area contributed by atoms with E-state index in [1.165, 1.54) is 21.8 Å². The molecule has 0 bridgehead atoms. The summed E-state index contributed by atoms with van der Waals surface area (Å²) in [7, 11) is -3.25.